The number of benzene rings is 1. The summed E-state index contributed by atoms with van der Waals surface area (Å²) in [6, 6.07) is 11.3. The van der Waals surface area contributed by atoms with Crippen LogP contribution in [0.4, 0.5) is 0 Å². The quantitative estimate of drug-likeness (QED) is 0.773. The number of carbonyl (C=O) groups excluding carboxylic acids is 1. The molecule has 0 radical (unpaired) electrons. The Balaban J connectivity index is 1.63. The minimum Gasteiger partial charge on any atom is -0.467 e. The molecule has 0 saturated heterocycles. The zero-order chi connectivity index (χ0) is 16.4. The molecule has 3 aromatic rings. The van der Waals surface area contributed by atoms with Crippen LogP contribution < -0.4 is 5.32 Å². The monoisotopic (exact) mass is 321 g/mol. The van der Waals surface area contributed by atoms with E-state index in [1.165, 1.54) is 24.1 Å². The predicted octanol–water partition coefficient (Wildman–Crippen LogP) is 3.48. The van der Waals surface area contributed by atoms with Crippen molar-refractivity contribution in [2.45, 2.75) is 32.2 Å². The molecule has 0 unspecified atom stereocenters. The number of rotatable bonds is 4. The van der Waals surface area contributed by atoms with E-state index >= 15 is 0 Å². The van der Waals surface area contributed by atoms with E-state index in [-0.39, 0.29) is 5.91 Å². The van der Waals surface area contributed by atoms with Gasteiger partial charge in [-0.1, -0.05) is 18.2 Å². The molecule has 0 atom stereocenters. The Hall–Kier alpha value is -2.82. The summed E-state index contributed by atoms with van der Waals surface area (Å²) in [4.78, 5) is 12.6. The maximum absolute atomic E-state index is 12.6. The maximum atomic E-state index is 12.6. The van der Waals surface area contributed by atoms with Gasteiger partial charge < -0.3 is 9.73 Å². The van der Waals surface area contributed by atoms with E-state index in [0.717, 1.165) is 29.9 Å². The third kappa shape index (κ3) is 2.73. The minimum absolute atomic E-state index is 0.116. The van der Waals surface area contributed by atoms with Crippen LogP contribution in [0.5, 0.6) is 0 Å². The molecule has 4 rings (SSSR count). The van der Waals surface area contributed by atoms with Crippen molar-refractivity contribution in [2.24, 2.45) is 0 Å². The number of furan rings is 1. The van der Waals surface area contributed by atoms with Crippen molar-refractivity contribution in [3.63, 3.8) is 0 Å². The van der Waals surface area contributed by atoms with Gasteiger partial charge in [0, 0.05) is 22.4 Å². The van der Waals surface area contributed by atoms with Crippen LogP contribution in [0.15, 0.2) is 47.1 Å². The number of nitrogens with one attached hydrogen (secondary N) is 2. The standard InChI is InChI=1S/C19H19N3O2/c23-19(20-12-13-6-5-11-24-13)15-8-2-1-7-14(15)18-16-9-3-4-10-17(16)21-22-18/h1-2,5-8,11H,3-4,9-10,12H2,(H,20,23)(H,21,22). The first-order valence-corrected chi connectivity index (χ1v) is 8.29. The second-order valence-corrected chi connectivity index (χ2v) is 6.04. The summed E-state index contributed by atoms with van der Waals surface area (Å²) in [7, 11) is 0. The average Bonchev–Trinajstić information content (AvgIpc) is 3.29. The van der Waals surface area contributed by atoms with Crippen molar-refractivity contribution in [1.29, 1.82) is 0 Å². The van der Waals surface area contributed by atoms with Gasteiger partial charge in [-0.15, -0.1) is 0 Å². The largest absolute Gasteiger partial charge is 0.467 e. The van der Waals surface area contributed by atoms with Crippen LogP contribution >= 0.6 is 0 Å². The number of aryl methyl sites for hydroxylation is 1. The normalized spacial score (nSPS) is 13.5. The van der Waals surface area contributed by atoms with E-state index in [1.807, 2.05) is 36.4 Å². The van der Waals surface area contributed by atoms with Crippen LogP contribution in [-0.4, -0.2) is 16.1 Å². The zero-order valence-electron chi connectivity index (χ0n) is 13.3. The van der Waals surface area contributed by atoms with Crippen LogP contribution in [0.3, 0.4) is 0 Å². The molecular weight excluding hydrogens is 302 g/mol. The van der Waals surface area contributed by atoms with Gasteiger partial charge in [-0.25, -0.2) is 0 Å². The van der Waals surface area contributed by atoms with Crippen LogP contribution in [-0.2, 0) is 19.4 Å². The van der Waals surface area contributed by atoms with E-state index in [0.29, 0.717) is 12.1 Å². The van der Waals surface area contributed by atoms with Crippen molar-refractivity contribution < 1.29 is 9.21 Å². The van der Waals surface area contributed by atoms with Crippen LogP contribution in [0.1, 0.15) is 40.2 Å². The first-order chi connectivity index (χ1) is 11.8. The van der Waals surface area contributed by atoms with Gasteiger partial charge in [-0.2, -0.15) is 5.10 Å². The molecule has 122 valence electrons. The van der Waals surface area contributed by atoms with Crippen molar-refractivity contribution >= 4 is 5.91 Å². The number of aromatic nitrogens is 2. The van der Waals surface area contributed by atoms with Gasteiger partial charge >= 0.3 is 0 Å². The zero-order valence-corrected chi connectivity index (χ0v) is 13.3. The number of aromatic amines is 1. The first kappa shape index (κ1) is 14.8. The van der Waals surface area contributed by atoms with Crippen LogP contribution in [0, 0.1) is 0 Å². The van der Waals surface area contributed by atoms with E-state index in [4.69, 9.17) is 4.42 Å². The SMILES string of the molecule is O=C(NCc1ccco1)c1ccccc1-c1n[nH]c2c1CCCC2. The summed E-state index contributed by atoms with van der Waals surface area (Å²) in [6.07, 6.45) is 6.02. The number of amides is 1. The molecule has 0 saturated carbocycles. The number of hydrogen-bond donors (Lipinski definition) is 2. The summed E-state index contributed by atoms with van der Waals surface area (Å²) < 4.78 is 5.26. The Labute approximate surface area is 140 Å². The topological polar surface area (TPSA) is 70.9 Å². The fraction of sp³-hybridized carbons (Fsp3) is 0.263. The Morgan fingerprint density at radius 3 is 2.92 bits per heavy atom. The van der Waals surface area contributed by atoms with Gasteiger partial charge in [0.1, 0.15) is 5.76 Å². The molecule has 0 fully saturated rings. The molecule has 1 aromatic carbocycles. The molecule has 1 aliphatic carbocycles. The third-order valence-corrected chi connectivity index (χ3v) is 4.49. The Morgan fingerprint density at radius 1 is 1.17 bits per heavy atom. The number of H-pyrrole nitrogens is 1. The molecule has 0 aliphatic heterocycles. The predicted molar refractivity (Wildman–Crippen MR) is 90.5 cm³/mol. The van der Waals surface area contributed by atoms with E-state index in [1.54, 1.807) is 6.26 Å². The fourth-order valence-electron chi connectivity index (χ4n) is 3.27. The minimum atomic E-state index is -0.116. The average molecular weight is 321 g/mol. The first-order valence-electron chi connectivity index (χ1n) is 8.29. The Bertz CT molecular complexity index is 849. The van der Waals surface area contributed by atoms with Crippen LogP contribution in [0.25, 0.3) is 11.3 Å². The lowest BCUT2D eigenvalue weighted by atomic mass is 9.92. The summed E-state index contributed by atoms with van der Waals surface area (Å²) >= 11 is 0. The highest BCUT2D eigenvalue weighted by molar-refractivity contribution is 6.00. The molecule has 0 spiro atoms. The lowest BCUT2D eigenvalue weighted by molar-refractivity contribution is 0.0948. The fourth-order valence-corrected chi connectivity index (χ4v) is 3.27. The molecular formula is C19H19N3O2. The lowest BCUT2D eigenvalue weighted by Gasteiger charge is -2.13. The van der Waals surface area contributed by atoms with Gasteiger partial charge in [0.15, 0.2) is 0 Å². The van der Waals surface area contributed by atoms with Crippen molar-refractivity contribution in [3.8, 4) is 11.3 Å². The number of carbonyl (C=O) groups is 1. The van der Waals surface area contributed by atoms with E-state index in [2.05, 4.69) is 15.5 Å². The second-order valence-electron chi connectivity index (χ2n) is 6.04. The highest BCUT2D eigenvalue weighted by Gasteiger charge is 2.21. The highest BCUT2D eigenvalue weighted by atomic mass is 16.3. The second kappa shape index (κ2) is 6.35. The van der Waals surface area contributed by atoms with Gasteiger partial charge in [-0.05, 0) is 43.9 Å². The summed E-state index contributed by atoms with van der Waals surface area (Å²) in [5.41, 5.74) is 4.90. The van der Waals surface area contributed by atoms with Crippen molar-refractivity contribution in [1.82, 2.24) is 15.5 Å². The van der Waals surface area contributed by atoms with E-state index < -0.39 is 0 Å². The molecule has 2 N–H and O–H groups in total. The maximum Gasteiger partial charge on any atom is 0.252 e. The van der Waals surface area contributed by atoms with E-state index in [9.17, 15) is 4.79 Å². The molecule has 2 aromatic heterocycles. The van der Waals surface area contributed by atoms with Gasteiger partial charge in [0.2, 0.25) is 0 Å². The van der Waals surface area contributed by atoms with Crippen LogP contribution in [0.2, 0.25) is 0 Å². The summed E-state index contributed by atoms with van der Waals surface area (Å²) in [5.74, 6) is 0.618. The van der Waals surface area contributed by atoms with Gasteiger partial charge in [0.25, 0.3) is 5.91 Å². The smallest absolute Gasteiger partial charge is 0.252 e. The molecule has 5 nitrogen and oxygen atoms in total. The summed E-state index contributed by atoms with van der Waals surface area (Å²) in [6.45, 7) is 0.374. The number of fused-ring (bicyclic) bond motifs is 1. The molecule has 1 amide bonds. The molecule has 24 heavy (non-hydrogen) atoms. The Morgan fingerprint density at radius 2 is 2.04 bits per heavy atom. The highest BCUT2D eigenvalue weighted by Crippen LogP contribution is 2.31. The number of hydrogen-bond acceptors (Lipinski definition) is 3. The molecule has 5 heteroatoms. The number of nitrogens with zero attached hydrogens (tertiary/aromatic N) is 1. The van der Waals surface area contributed by atoms with Gasteiger partial charge in [-0.3, -0.25) is 9.89 Å². The van der Waals surface area contributed by atoms with Crippen molar-refractivity contribution in [3.05, 3.63) is 65.2 Å². The lowest BCUT2D eigenvalue weighted by Crippen LogP contribution is -2.23. The Kier molecular flexibility index (Phi) is 3.91. The molecule has 2 heterocycles. The third-order valence-electron chi connectivity index (χ3n) is 4.49. The molecule has 1 aliphatic rings. The summed E-state index contributed by atoms with van der Waals surface area (Å²) in [5, 5.41) is 10.6. The molecule has 0 bridgehead atoms. The van der Waals surface area contributed by atoms with Gasteiger partial charge in [0.05, 0.1) is 18.5 Å². The van der Waals surface area contributed by atoms with Crippen molar-refractivity contribution in [2.75, 3.05) is 0 Å².